The number of unbranched alkanes of at least 4 members (excludes halogenated alkanes) is 1. The van der Waals surface area contributed by atoms with Gasteiger partial charge in [-0.3, -0.25) is 0 Å². The van der Waals surface area contributed by atoms with Crippen LogP contribution in [-0.2, 0) is 0 Å². The molecule has 3 aromatic carbocycles. The van der Waals surface area contributed by atoms with Crippen molar-refractivity contribution in [1.29, 1.82) is 0 Å². The van der Waals surface area contributed by atoms with Crippen LogP contribution in [0.4, 0.5) is 0 Å². The number of halogens is 2. The van der Waals surface area contributed by atoms with E-state index in [2.05, 4.69) is 38.1 Å². The third-order valence-corrected chi connectivity index (χ3v) is 6.92. The molecule has 0 N–H and O–H groups in total. The van der Waals surface area contributed by atoms with E-state index >= 15 is 0 Å². The van der Waals surface area contributed by atoms with E-state index < -0.39 is 6.23 Å². The highest BCUT2D eigenvalue weighted by molar-refractivity contribution is 6.35. The lowest BCUT2D eigenvalue weighted by Gasteiger charge is -2.38. The Hall–Kier alpha value is -2.89. The van der Waals surface area contributed by atoms with Crippen molar-refractivity contribution in [3.8, 4) is 17.2 Å². The molecule has 0 aromatic heterocycles. The number of methoxy groups -OCH3 is 1. The topological polar surface area (TPSA) is 43.3 Å². The van der Waals surface area contributed by atoms with Crippen molar-refractivity contribution in [2.24, 2.45) is 5.10 Å². The maximum absolute atomic E-state index is 6.61. The molecular formula is C28H28Cl2N2O3. The van der Waals surface area contributed by atoms with Gasteiger partial charge in [0.15, 0.2) is 11.5 Å². The maximum Gasteiger partial charge on any atom is 0.214 e. The summed E-state index contributed by atoms with van der Waals surface area (Å²) in [6.45, 7) is 4.86. The first-order chi connectivity index (χ1) is 17.0. The highest BCUT2D eigenvalue weighted by Crippen LogP contribution is 2.51. The number of aryl methyl sites for hydroxylation is 1. The molecule has 0 saturated heterocycles. The van der Waals surface area contributed by atoms with E-state index in [4.69, 9.17) is 42.5 Å². The number of fused-ring (bicyclic) bond motifs is 3. The fraction of sp³-hybridized carbons (Fsp3) is 0.321. The SMILES string of the molecule is CCCCOc1ccc([C@@H]2Oc3c(Cl)cc(Cl)cc3[C@H]3CC(c4ccc(C)cc4)=NN32)cc1OC. The van der Waals surface area contributed by atoms with Gasteiger partial charge in [0.2, 0.25) is 6.23 Å². The monoisotopic (exact) mass is 510 g/mol. The van der Waals surface area contributed by atoms with Crippen LogP contribution in [-0.4, -0.2) is 24.4 Å². The minimum absolute atomic E-state index is 0.0530. The smallest absolute Gasteiger partial charge is 0.214 e. The van der Waals surface area contributed by atoms with Gasteiger partial charge in [-0.1, -0.05) is 66.4 Å². The summed E-state index contributed by atoms with van der Waals surface area (Å²) >= 11 is 13.0. The fourth-order valence-corrected chi connectivity index (χ4v) is 5.09. The summed E-state index contributed by atoms with van der Waals surface area (Å²) in [7, 11) is 1.65. The molecule has 3 aromatic rings. The van der Waals surface area contributed by atoms with E-state index in [0.29, 0.717) is 33.9 Å². The van der Waals surface area contributed by atoms with Gasteiger partial charge in [-0.2, -0.15) is 5.10 Å². The van der Waals surface area contributed by atoms with Gasteiger partial charge in [0.1, 0.15) is 5.75 Å². The average molecular weight is 511 g/mol. The minimum atomic E-state index is -0.479. The Kier molecular flexibility index (Phi) is 6.81. The van der Waals surface area contributed by atoms with Gasteiger partial charge in [0, 0.05) is 22.6 Å². The second kappa shape index (κ2) is 10.00. The van der Waals surface area contributed by atoms with E-state index in [0.717, 1.165) is 41.7 Å². The molecular weight excluding hydrogens is 483 g/mol. The van der Waals surface area contributed by atoms with Gasteiger partial charge in [0.05, 0.1) is 30.5 Å². The van der Waals surface area contributed by atoms with Gasteiger partial charge in [-0.15, -0.1) is 0 Å². The molecule has 2 heterocycles. The van der Waals surface area contributed by atoms with E-state index in [9.17, 15) is 0 Å². The summed E-state index contributed by atoms with van der Waals surface area (Å²) < 4.78 is 18.1. The van der Waals surface area contributed by atoms with Crippen molar-refractivity contribution in [2.45, 2.75) is 45.4 Å². The lowest BCUT2D eigenvalue weighted by Crippen LogP contribution is -2.33. The van der Waals surface area contributed by atoms with Crippen molar-refractivity contribution in [2.75, 3.05) is 13.7 Å². The molecule has 182 valence electrons. The third-order valence-electron chi connectivity index (χ3n) is 6.42. The molecule has 0 amide bonds. The van der Waals surface area contributed by atoms with Crippen LogP contribution in [0.2, 0.25) is 10.0 Å². The molecule has 35 heavy (non-hydrogen) atoms. The van der Waals surface area contributed by atoms with Crippen molar-refractivity contribution >= 4 is 28.9 Å². The summed E-state index contributed by atoms with van der Waals surface area (Å²) in [5.41, 5.74) is 5.15. The van der Waals surface area contributed by atoms with Crippen LogP contribution in [0.1, 0.15) is 60.7 Å². The molecule has 2 atom stereocenters. The lowest BCUT2D eigenvalue weighted by atomic mass is 9.95. The first-order valence-electron chi connectivity index (χ1n) is 11.9. The van der Waals surface area contributed by atoms with Crippen molar-refractivity contribution < 1.29 is 14.2 Å². The Morgan fingerprint density at radius 2 is 1.86 bits per heavy atom. The zero-order valence-corrected chi connectivity index (χ0v) is 21.6. The zero-order valence-electron chi connectivity index (χ0n) is 20.1. The Labute approximate surface area is 216 Å². The molecule has 5 rings (SSSR count). The van der Waals surface area contributed by atoms with Crippen LogP contribution in [0.25, 0.3) is 0 Å². The highest BCUT2D eigenvalue weighted by atomic mass is 35.5. The molecule has 0 bridgehead atoms. The standard InChI is InChI=1S/C28H28Cl2N2O3/c1-4-5-12-34-25-11-10-19(13-26(25)33-3)28-32-24(21-14-20(29)15-22(30)27(21)35-28)16-23(31-32)18-8-6-17(2)7-9-18/h6-11,13-15,24,28H,4-5,12,16H2,1-3H3/t24-,28+/m1/s1. The second-order valence-corrected chi connectivity index (χ2v) is 9.74. The van der Waals surface area contributed by atoms with Gasteiger partial charge in [-0.25, -0.2) is 5.01 Å². The summed E-state index contributed by atoms with van der Waals surface area (Å²) in [5.74, 6) is 2.02. The molecule has 5 nitrogen and oxygen atoms in total. The molecule has 0 spiro atoms. The van der Waals surface area contributed by atoms with Crippen molar-refractivity contribution in [1.82, 2.24) is 5.01 Å². The number of hydrazone groups is 1. The number of hydrogen-bond donors (Lipinski definition) is 0. The summed E-state index contributed by atoms with van der Waals surface area (Å²) in [6.07, 6.45) is 2.30. The third kappa shape index (κ3) is 4.67. The zero-order chi connectivity index (χ0) is 24.5. The second-order valence-electron chi connectivity index (χ2n) is 8.90. The number of nitrogens with zero attached hydrogens (tertiary/aromatic N) is 2. The van der Waals surface area contributed by atoms with E-state index in [1.54, 1.807) is 13.2 Å². The summed E-state index contributed by atoms with van der Waals surface area (Å²) in [4.78, 5) is 0. The van der Waals surface area contributed by atoms with E-state index in [1.165, 1.54) is 5.56 Å². The predicted molar refractivity (Wildman–Crippen MR) is 140 cm³/mol. The van der Waals surface area contributed by atoms with Crippen LogP contribution in [0.5, 0.6) is 17.2 Å². The minimum Gasteiger partial charge on any atom is -0.493 e. The quantitative estimate of drug-likeness (QED) is 0.305. The molecule has 0 radical (unpaired) electrons. The van der Waals surface area contributed by atoms with Gasteiger partial charge >= 0.3 is 0 Å². The Morgan fingerprint density at radius 1 is 1.06 bits per heavy atom. The Balaban J connectivity index is 1.55. The first-order valence-corrected chi connectivity index (χ1v) is 12.6. The van der Waals surface area contributed by atoms with Crippen LogP contribution >= 0.6 is 23.2 Å². The normalized spacial score (nSPS) is 18.4. The summed E-state index contributed by atoms with van der Waals surface area (Å²) in [6, 6.07) is 17.9. The first kappa shape index (κ1) is 23.8. The average Bonchev–Trinajstić information content (AvgIpc) is 3.30. The van der Waals surface area contributed by atoms with Crippen molar-refractivity contribution in [3.63, 3.8) is 0 Å². The van der Waals surface area contributed by atoms with Gasteiger partial charge in [-0.05, 0) is 49.2 Å². The van der Waals surface area contributed by atoms with Crippen LogP contribution in [0.3, 0.4) is 0 Å². The van der Waals surface area contributed by atoms with Gasteiger partial charge < -0.3 is 14.2 Å². The van der Waals surface area contributed by atoms with E-state index in [1.807, 2.05) is 29.3 Å². The molecule has 7 heteroatoms. The molecule has 0 saturated carbocycles. The highest BCUT2D eigenvalue weighted by Gasteiger charge is 2.42. The molecule has 0 aliphatic carbocycles. The summed E-state index contributed by atoms with van der Waals surface area (Å²) in [5, 5.41) is 8.11. The maximum atomic E-state index is 6.61. The van der Waals surface area contributed by atoms with Crippen molar-refractivity contribution in [3.05, 3.63) is 86.9 Å². The Bertz CT molecular complexity index is 1260. The Morgan fingerprint density at radius 3 is 2.60 bits per heavy atom. The largest absolute Gasteiger partial charge is 0.493 e. The van der Waals surface area contributed by atoms with Gasteiger partial charge in [0.25, 0.3) is 0 Å². The molecule has 2 aliphatic heterocycles. The van der Waals surface area contributed by atoms with E-state index in [-0.39, 0.29) is 6.04 Å². The number of hydrogen-bond acceptors (Lipinski definition) is 5. The van der Waals surface area contributed by atoms with Crippen LogP contribution in [0, 0.1) is 6.92 Å². The predicted octanol–water partition coefficient (Wildman–Crippen LogP) is 7.73. The lowest BCUT2D eigenvalue weighted by molar-refractivity contribution is -0.0190. The number of ether oxygens (including phenoxy) is 3. The number of benzene rings is 3. The number of rotatable bonds is 7. The molecule has 2 aliphatic rings. The van der Waals surface area contributed by atoms with Crippen LogP contribution < -0.4 is 14.2 Å². The van der Waals surface area contributed by atoms with Crippen LogP contribution in [0.15, 0.2) is 59.7 Å². The molecule has 0 unspecified atom stereocenters. The molecule has 0 fully saturated rings. The fourth-order valence-electron chi connectivity index (χ4n) is 4.54.